The van der Waals surface area contributed by atoms with Crippen LogP contribution in [0, 0.1) is 6.92 Å². The zero-order chi connectivity index (χ0) is 25.1. The Kier molecular flexibility index (Phi) is 6.42. The monoisotopic (exact) mass is 501 g/mol. The molecule has 0 unspecified atom stereocenters. The van der Waals surface area contributed by atoms with E-state index in [1.165, 1.54) is 6.07 Å². The molecular formula is C26H19N3O6S. The number of ether oxygens (including phenoxy) is 2. The van der Waals surface area contributed by atoms with Gasteiger partial charge < -0.3 is 19.2 Å². The molecule has 0 radical (unpaired) electrons. The van der Waals surface area contributed by atoms with E-state index in [1.54, 1.807) is 54.6 Å². The minimum atomic E-state index is -0.619. The van der Waals surface area contributed by atoms with Crippen LogP contribution < -0.4 is 15.7 Å². The van der Waals surface area contributed by atoms with E-state index in [-0.39, 0.29) is 6.61 Å². The van der Waals surface area contributed by atoms with E-state index in [9.17, 15) is 14.4 Å². The van der Waals surface area contributed by atoms with Gasteiger partial charge in [0.15, 0.2) is 6.61 Å². The highest BCUT2D eigenvalue weighted by molar-refractivity contribution is 7.00. The molecule has 10 heteroatoms. The first kappa shape index (κ1) is 23.2. The van der Waals surface area contributed by atoms with Gasteiger partial charge in [0.25, 0.3) is 5.91 Å². The number of rotatable bonds is 7. The van der Waals surface area contributed by atoms with Crippen molar-refractivity contribution in [3.63, 3.8) is 0 Å². The maximum atomic E-state index is 12.4. The lowest BCUT2D eigenvalue weighted by molar-refractivity contribution is -0.119. The van der Waals surface area contributed by atoms with Crippen molar-refractivity contribution >= 4 is 51.3 Å². The topological polar surface area (TPSA) is 121 Å². The SMILES string of the molecule is Cc1cc(=O)oc2cc(OCc3ccc(C(=O)OCC(=O)Nc4cccc5nsnc45)cc3)ccc12. The number of aromatic nitrogens is 2. The van der Waals surface area contributed by atoms with Gasteiger partial charge in [-0.05, 0) is 54.4 Å². The van der Waals surface area contributed by atoms with Gasteiger partial charge in [-0.1, -0.05) is 18.2 Å². The number of carbonyl (C=O) groups excluding carboxylic acids is 2. The van der Waals surface area contributed by atoms with Crippen molar-refractivity contribution in [3.05, 3.63) is 93.8 Å². The number of anilines is 1. The Hall–Kier alpha value is -4.57. The van der Waals surface area contributed by atoms with Crippen LogP contribution >= 0.6 is 11.7 Å². The molecule has 0 spiro atoms. The highest BCUT2D eigenvalue weighted by atomic mass is 32.1. The standard InChI is InChI=1S/C26H19N3O6S/c1-15-11-24(31)35-22-12-18(9-10-19(15)22)33-13-16-5-7-17(8-6-16)26(32)34-14-23(30)27-20-3-2-4-21-25(20)29-36-28-21/h2-12H,13-14H2,1H3,(H,27,30). The molecule has 0 aliphatic carbocycles. The summed E-state index contributed by atoms with van der Waals surface area (Å²) in [6.07, 6.45) is 0. The molecule has 0 saturated heterocycles. The third-order valence-corrected chi connectivity index (χ3v) is 5.95. The normalized spacial score (nSPS) is 10.9. The first-order chi connectivity index (χ1) is 17.5. The van der Waals surface area contributed by atoms with Crippen LogP contribution in [0.2, 0.25) is 0 Å². The summed E-state index contributed by atoms with van der Waals surface area (Å²) in [5.74, 6) is -0.545. The van der Waals surface area contributed by atoms with Gasteiger partial charge in [-0.15, -0.1) is 0 Å². The van der Waals surface area contributed by atoms with E-state index in [2.05, 4.69) is 14.1 Å². The van der Waals surface area contributed by atoms with Crippen LogP contribution in [0.3, 0.4) is 0 Å². The molecule has 0 atom stereocenters. The number of amides is 1. The second-order valence-corrected chi connectivity index (χ2v) is 8.48. The molecule has 2 aromatic heterocycles. The van der Waals surface area contributed by atoms with Crippen LogP contribution in [0.4, 0.5) is 5.69 Å². The van der Waals surface area contributed by atoms with E-state index in [0.717, 1.165) is 28.2 Å². The number of hydrogen-bond acceptors (Lipinski definition) is 9. The predicted molar refractivity (Wildman–Crippen MR) is 134 cm³/mol. The number of aryl methyl sites for hydroxylation is 1. The fraction of sp³-hybridized carbons (Fsp3) is 0.115. The van der Waals surface area contributed by atoms with Gasteiger partial charge in [-0.3, -0.25) is 4.79 Å². The Balaban J connectivity index is 1.15. The van der Waals surface area contributed by atoms with Crippen molar-refractivity contribution in [1.29, 1.82) is 0 Å². The zero-order valence-corrected chi connectivity index (χ0v) is 19.8. The summed E-state index contributed by atoms with van der Waals surface area (Å²) in [6.45, 7) is 1.66. The molecule has 0 aliphatic heterocycles. The van der Waals surface area contributed by atoms with E-state index in [0.29, 0.717) is 33.6 Å². The van der Waals surface area contributed by atoms with Crippen molar-refractivity contribution in [3.8, 4) is 5.75 Å². The van der Waals surface area contributed by atoms with Gasteiger partial charge in [-0.25, -0.2) is 9.59 Å². The molecule has 0 bridgehead atoms. The molecule has 3 aromatic carbocycles. The molecule has 1 N–H and O–H groups in total. The van der Waals surface area contributed by atoms with Gasteiger partial charge in [0, 0.05) is 17.5 Å². The minimum Gasteiger partial charge on any atom is -0.489 e. The molecule has 9 nitrogen and oxygen atoms in total. The molecule has 2 heterocycles. The summed E-state index contributed by atoms with van der Waals surface area (Å²) in [6, 6.07) is 18.7. The number of nitrogens with zero attached hydrogens (tertiary/aromatic N) is 2. The van der Waals surface area contributed by atoms with E-state index in [4.69, 9.17) is 13.9 Å². The Morgan fingerprint density at radius 3 is 2.69 bits per heavy atom. The van der Waals surface area contributed by atoms with Crippen molar-refractivity contribution in [2.24, 2.45) is 0 Å². The highest BCUT2D eigenvalue weighted by Crippen LogP contribution is 2.23. The summed E-state index contributed by atoms with van der Waals surface area (Å²) in [5, 5.41) is 3.53. The van der Waals surface area contributed by atoms with Crippen LogP contribution in [0.5, 0.6) is 5.75 Å². The van der Waals surface area contributed by atoms with Gasteiger partial charge in [0.1, 0.15) is 29.0 Å². The first-order valence-electron chi connectivity index (χ1n) is 10.9. The lowest BCUT2D eigenvalue weighted by Gasteiger charge is -2.09. The van der Waals surface area contributed by atoms with Crippen molar-refractivity contribution in [2.75, 3.05) is 11.9 Å². The van der Waals surface area contributed by atoms with Crippen LogP contribution in [0.25, 0.3) is 22.0 Å². The van der Waals surface area contributed by atoms with Gasteiger partial charge in [0.2, 0.25) is 0 Å². The fourth-order valence-corrected chi connectivity index (χ4v) is 4.16. The summed E-state index contributed by atoms with van der Waals surface area (Å²) in [4.78, 5) is 36.2. The van der Waals surface area contributed by atoms with Gasteiger partial charge >= 0.3 is 11.6 Å². The Bertz CT molecular complexity index is 1640. The van der Waals surface area contributed by atoms with Crippen molar-refractivity contribution < 1.29 is 23.5 Å². The van der Waals surface area contributed by atoms with E-state index < -0.39 is 24.1 Å². The first-order valence-corrected chi connectivity index (χ1v) is 11.6. The lowest BCUT2D eigenvalue weighted by atomic mass is 10.1. The number of esters is 1. The molecule has 1 amide bonds. The van der Waals surface area contributed by atoms with Crippen LogP contribution in [-0.4, -0.2) is 27.2 Å². The van der Waals surface area contributed by atoms with Crippen molar-refractivity contribution in [2.45, 2.75) is 13.5 Å². The quantitative estimate of drug-likeness (QED) is 0.256. The molecule has 180 valence electrons. The Labute approximate surface area is 208 Å². The Morgan fingerprint density at radius 2 is 1.86 bits per heavy atom. The molecule has 0 aliphatic rings. The second-order valence-electron chi connectivity index (χ2n) is 7.95. The molecule has 5 rings (SSSR count). The molecule has 0 saturated carbocycles. The largest absolute Gasteiger partial charge is 0.489 e. The maximum absolute atomic E-state index is 12.4. The molecule has 0 fully saturated rings. The molecular weight excluding hydrogens is 482 g/mol. The highest BCUT2D eigenvalue weighted by Gasteiger charge is 2.13. The summed E-state index contributed by atoms with van der Waals surface area (Å²) < 4.78 is 24.5. The van der Waals surface area contributed by atoms with E-state index in [1.807, 2.05) is 13.0 Å². The Morgan fingerprint density at radius 1 is 1.03 bits per heavy atom. The number of carbonyl (C=O) groups is 2. The van der Waals surface area contributed by atoms with E-state index >= 15 is 0 Å². The smallest absolute Gasteiger partial charge is 0.338 e. The third-order valence-electron chi connectivity index (χ3n) is 5.41. The van der Waals surface area contributed by atoms with Gasteiger partial charge in [-0.2, -0.15) is 8.75 Å². The second kappa shape index (κ2) is 9.96. The average molecular weight is 502 g/mol. The van der Waals surface area contributed by atoms with Crippen LogP contribution in [0.15, 0.2) is 75.9 Å². The minimum absolute atomic E-state index is 0.246. The molecule has 5 aromatic rings. The zero-order valence-electron chi connectivity index (χ0n) is 19.0. The summed E-state index contributed by atoms with van der Waals surface area (Å²) in [7, 11) is 0. The number of fused-ring (bicyclic) bond motifs is 2. The molecule has 36 heavy (non-hydrogen) atoms. The number of benzene rings is 3. The third kappa shape index (κ3) is 5.08. The summed E-state index contributed by atoms with van der Waals surface area (Å²) >= 11 is 1.05. The number of nitrogens with one attached hydrogen (secondary N) is 1. The number of hydrogen-bond donors (Lipinski definition) is 1. The maximum Gasteiger partial charge on any atom is 0.338 e. The van der Waals surface area contributed by atoms with Crippen molar-refractivity contribution in [1.82, 2.24) is 8.75 Å². The van der Waals surface area contributed by atoms with Crippen LogP contribution in [-0.2, 0) is 16.1 Å². The predicted octanol–water partition coefficient (Wildman–Crippen LogP) is 4.48. The fourth-order valence-electron chi connectivity index (χ4n) is 3.61. The van der Waals surface area contributed by atoms with Gasteiger partial charge in [0.05, 0.1) is 23.0 Å². The lowest BCUT2D eigenvalue weighted by Crippen LogP contribution is -2.21. The van der Waals surface area contributed by atoms with Crippen LogP contribution in [0.1, 0.15) is 21.5 Å². The average Bonchev–Trinajstić information content (AvgIpc) is 3.36. The summed E-state index contributed by atoms with van der Waals surface area (Å²) in [5.41, 5.74) is 3.79.